The minimum absolute atomic E-state index is 0.0276. The van der Waals surface area contributed by atoms with Crippen molar-refractivity contribution in [2.24, 2.45) is 5.73 Å². The number of halogens is 1. The third-order valence-electron chi connectivity index (χ3n) is 4.93. The fourth-order valence-electron chi connectivity index (χ4n) is 3.45. The van der Waals surface area contributed by atoms with Gasteiger partial charge in [-0.1, -0.05) is 11.6 Å². The molecule has 0 unspecified atom stereocenters. The Morgan fingerprint density at radius 1 is 1.11 bits per heavy atom. The van der Waals surface area contributed by atoms with Crippen molar-refractivity contribution in [3.63, 3.8) is 0 Å². The predicted molar refractivity (Wildman–Crippen MR) is 108 cm³/mol. The quantitative estimate of drug-likeness (QED) is 0.679. The average Bonchev–Trinajstić information content (AvgIpc) is 3.11. The summed E-state index contributed by atoms with van der Waals surface area (Å²) in [5.41, 5.74) is 6.32. The fourth-order valence-corrected chi connectivity index (χ4v) is 4.74. The molecule has 4 rings (SSSR count). The molecule has 0 bridgehead atoms. The van der Waals surface area contributed by atoms with Crippen molar-refractivity contribution in [2.45, 2.75) is 37.6 Å². The summed E-state index contributed by atoms with van der Waals surface area (Å²) in [5, 5.41) is 4.81. The Hall–Kier alpha value is -2.58. The lowest BCUT2D eigenvalue weighted by molar-refractivity contribution is 0.0920. The second-order valence-electron chi connectivity index (χ2n) is 6.84. The first-order chi connectivity index (χ1) is 13.5. The molecule has 1 aliphatic carbocycles. The van der Waals surface area contributed by atoms with Crippen LogP contribution >= 0.6 is 22.9 Å². The number of amides is 2. The molecule has 2 heterocycles. The normalized spacial score (nSPS) is 19.5. The Balaban J connectivity index is 1.37. The van der Waals surface area contributed by atoms with Crippen molar-refractivity contribution < 1.29 is 9.59 Å². The summed E-state index contributed by atoms with van der Waals surface area (Å²) in [5.74, 6) is -0.609. The van der Waals surface area contributed by atoms with E-state index in [0.29, 0.717) is 10.9 Å². The van der Waals surface area contributed by atoms with E-state index in [2.05, 4.69) is 15.3 Å². The molecule has 1 saturated carbocycles. The number of thiazole rings is 1. The SMILES string of the molecule is NC(=O)c1cc(C(=O)NC2CCC(c3nc4cc(Cl)ccc4s3)CC2)ncn1. The molecule has 9 heteroatoms. The summed E-state index contributed by atoms with van der Waals surface area (Å²) in [6.07, 6.45) is 4.80. The molecular weight excluding hydrogens is 398 g/mol. The second-order valence-corrected chi connectivity index (χ2v) is 8.34. The Bertz CT molecular complexity index is 1050. The molecule has 0 atom stereocenters. The van der Waals surface area contributed by atoms with Gasteiger partial charge >= 0.3 is 0 Å². The summed E-state index contributed by atoms with van der Waals surface area (Å²) >= 11 is 7.76. The minimum atomic E-state index is -0.686. The molecule has 1 aromatic carbocycles. The number of fused-ring (bicyclic) bond motifs is 1. The standard InChI is InChI=1S/C19H18ClN5O2S/c20-11-3-6-16-13(7-11)25-19(28-16)10-1-4-12(5-2-10)24-18(27)15-8-14(17(21)26)22-9-23-15/h3,6-10,12H,1-2,4-5H2,(H2,21,26)(H,24,27). The largest absolute Gasteiger partial charge is 0.364 e. The molecule has 0 saturated heterocycles. The van der Waals surface area contributed by atoms with Crippen LogP contribution in [0.15, 0.2) is 30.6 Å². The highest BCUT2D eigenvalue weighted by molar-refractivity contribution is 7.18. The Morgan fingerprint density at radius 3 is 2.61 bits per heavy atom. The van der Waals surface area contributed by atoms with E-state index in [9.17, 15) is 9.59 Å². The van der Waals surface area contributed by atoms with Crippen LogP contribution in [0.4, 0.5) is 0 Å². The number of hydrogen-bond donors (Lipinski definition) is 2. The van der Waals surface area contributed by atoms with Crippen LogP contribution in [0, 0.1) is 0 Å². The summed E-state index contributed by atoms with van der Waals surface area (Å²) in [6, 6.07) is 7.17. The van der Waals surface area contributed by atoms with Gasteiger partial charge in [0, 0.05) is 23.0 Å². The van der Waals surface area contributed by atoms with E-state index < -0.39 is 5.91 Å². The van der Waals surface area contributed by atoms with Crippen LogP contribution in [0.2, 0.25) is 5.02 Å². The first-order valence-corrected chi connectivity index (χ1v) is 10.2. The van der Waals surface area contributed by atoms with E-state index in [0.717, 1.165) is 40.9 Å². The summed E-state index contributed by atoms with van der Waals surface area (Å²) in [7, 11) is 0. The van der Waals surface area contributed by atoms with Crippen LogP contribution < -0.4 is 11.1 Å². The number of carbonyl (C=O) groups is 2. The Morgan fingerprint density at radius 2 is 1.86 bits per heavy atom. The lowest BCUT2D eigenvalue weighted by Gasteiger charge is -2.27. The topological polar surface area (TPSA) is 111 Å². The maximum absolute atomic E-state index is 12.4. The highest BCUT2D eigenvalue weighted by atomic mass is 35.5. The lowest BCUT2D eigenvalue weighted by atomic mass is 9.86. The van der Waals surface area contributed by atoms with E-state index in [1.807, 2.05) is 18.2 Å². The van der Waals surface area contributed by atoms with Gasteiger partial charge in [0.2, 0.25) is 0 Å². The maximum Gasteiger partial charge on any atom is 0.270 e. The van der Waals surface area contributed by atoms with Crippen LogP contribution in [0.3, 0.4) is 0 Å². The van der Waals surface area contributed by atoms with Crippen LogP contribution in [0.1, 0.15) is 57.6 Å². The third-order valence-corrected chi connectivity index (χ3v) is 6.36. The summed E-state index contributed by atoms with van der Waals surface area (Å²) in [6.45, 7) is 0. The number of aromatic nitrogens is 3. The van der Waals surface area contributed by atoms with Crippen molar-refractivity contribution in [3.05, 3.63) is 52.0 Å². The van der Waals surface area contributed by atoms with Gasteiger partial charge in [0.05, 0.1) is 15.2 Å². The van der Waals surface area contributed by atoms with Gasteiger partial charge in [-0.3, -0.25) is 9.59 Å². The van der Waals surface area contributed by atoms with Crippen molar-refractivity contribution in [1.82, 2.24) is 20.3 Å². The molecule has 2 amide bonds. The molecule has 3 aromatic rings. The number of rotatable bonds is 4. The van der Waals surface area contributed by atoms with Gasteiger partial charge in [0.15, 0.2) is 0 Å². The summed E-state index contributed by atoms with van der Waals surface area (Å²) in [4.78, 5) is 36.0. The summed E-state index contributed by atoms with van der Waals surface area (Å²) < 4.78 is 1.14. The highest BCUT2D eigenvalue weighted by Crippen LogP contribution is 2.37. The van der Waals surface area contributed by atoms with Gasteiger partial charge in [0.1, 0.15) is 17.7 Å². The molecule has 144 valence electrons. The lowest BCUT2D eigenvalue weighted by Crippen LogP contribution is -2.37. The van der Waals surface area contributed by atoms with Gasteiger partial charge in [-0.05, 0) is 43.9 Å². The maximum atomic E-state index is 12.4. The molecule has 0 aliphatic heterocycles. The molecule has 7 nitrogen and oxygen atoms in total. The van der Waals surface area contributed by atoms with E-state index in [1.54, 1.807) is 11.3 Å². The molecule has 28 heavy (non-hydrogen) atoms. The van der Waals surface area contributed by atoms with Crippen molar-refractivity contribution >= 4 is 45.0 Å². The van der Waals surface area contributed by atoms with Crippen molar-refractivity contribution in [1.29, 1.82) is 0 Å². The van der Waals surface area contributed by atoms with Crippen molar-refractivity contribution in [3.8, 4) is 0 Å². The van der Waals surface area contributed by atoms with Crippen LogP contribution in [-0.4, -0.2) is 32.8 Å². The molecule has 1 aliphatic rings. The van der Waals surface area contributed by atoms with Crippen molar-refractivity contribution in [2.75, 3.05) is 0 Å². The monoisotopic (exact) mass is 415 g/mol. The smallest absolute Gasteiger partial charge is 0.270 e. The Labute approximate surface area is 170 Å². The zero-order valence-electron chi connectivity index (χ0n) is 14.9. The molecule has 2 aromatic heterocycles. The number of nitrogens with one attached hydrogen (secondary N) is 1. The first kappa shape index (κ1) is 18.8. The molecule has 1 fully saturated rings. The zero-order valence-corrected chi connectivity index (χ0v) is 16.5. The molecule has 0 spiro atoms. The second kappa shape index (κ2) is 7.81. The molecule has 3 N–H and O–H groups in total. The van der Waals surface area contributed by atoms with Gasteiger partial charge < -0.3 is 11.1 Å². The number of nitrogens with zero attached hydrogens (tertiary/aromatic N) is 3. The van der Waals surface area contributed by atoms with E-state index in [-0.39, 0.29) is 23.3 Å². The third kappa shape index (κ3) is 3.98. The average molecular weight is 416 g/mol. The minimum Gasteiger partial charge on any atom is -0.364 e. The highest BCUT2D eigenvalue weighted by Gasteiger charge is 2.26. The number of carbonyl (C=O) groups excluding carboxylic acids is 2. The van der Waals surface area contributed by atoms with Crippen LogP contribution in [-0.2, 0) is 0 Å². The van der Waals surface area contributed by atoms with E-state index in [1.165, 1.54) is 12.4 Å². The van der Waals surface area contributed by atoms with Crippen LogP contribution in [0.5, 0.6) is 0 Å². The van der Waals surface area contributed by atoms with E-state index in [4.69, 9.17) is 22.3 Å². The number of hydrogen-bond acceptors (Lipinski definition) is 6. The van der Waals surface area contributed by atoms with Gasteiger partial charge in [0.25, 0.3) is 11.8 Å². The van der Waals surface area contributed by atoms with Gasteiger partial charge in [-0.25, -0.2) is 15.0 Å². The first-order valence-electron chi connectivity index (χ1n) is 8.98. The van der Waals surface area contributed by atoms with Crippen LogP contribution in [0.25, 0.3) is 10.2 Å². The van der Waals surface area contributed by atoms with Gasteiger partial charge in [-0.2, -0.15) is 0 Å². The van der Waals surface area contributed by atoms with E-state index >= 15 is 0 Å². The fraction of sp³-hybridized carbons (Fsp3) is 0.316. The Kier molecular flexibility index (Phi) is 5.23. The molecular formula is C19H18ClN5O2S. The number of nitrogens with two attached hydrogens (primary N) is 1. The predicted octanol–water partition coefficient (Wildman–Crippen LogP) is 3.29. The molecule has 0 radical (unpaired) electrons. The zero-order chi connectivity index (χ0) is 19.7. The van der Waals surface area contributed by atoms with Gasteiger partial charge in [-0.15, -0.1) is 11.3 Å². The number of primary amides is 1. The number of benzene rings is 1.